The van der Waals surface area contributed by atoms with Gasteiger partial charge < -0.3 is 4.74 Å². The SMILES string of the molecule is CCC(CC#N)Oc1c(F)c(F)c(F)c(F)c1F. The maximum atomic E-state index is 13.2. The lowest BCUT2D eigenvalue weighted by molar-refractivity contribution is 0.176. The molecule has 0 radical (unpaired) electrons. The first-order chi connectivity index (χ1) is 8.43. The zero-order valence-electron chi connectivity index (χ0n) is 9.24. The number of ether oxygens (including phenoxy) is 1. The Morgan fingerprint density at radius 2 is 1.44 bits per heavy atom. The van der Waals surface area contributed by atoms with Crippen molar-refractivity contribution in [2.24, 2.45) is 0 Å². The highest BCUT2D eigenvalue weighted by atomic mass is 19.2. The summed E-state index contributed by atoms with van der Waals surface area (Å²) >= 11 is 0. The summed E-state index contributed by atoms with van der Waals surface area (Å²) in [5.41, 5.74) is 0. The van der Waals surface area contributed by atoms with E-state index in [4.69, 9.17) is 5.26 Å². The minimum Gasteiger partial charge on any atom is -0.483 e. The Hall–Kier alpha value is -1.84. The number of hydrogen-bond donors (Lipinski definition) is 0. The molecule has 0 saturated heterocycles. The summed E-state index contributed by atoms with van der Waals surface area (Å²) in [5.74, 6) is -11.8. The van der Waals surface area contributed by atoms with E-state index in [2.05, 4.69) is 4.74 Å². The van der Waals surface area contributed by atoms with Crippen LogP contribution in [0.4, 0.5) is 22.0 Å². The van der Waals surface area contributed by atoms with Gasteiger partial charge in [-0.05, 0) is 6.42 Å². The highest BCUT2D eigenvalue weighted by molar-refractivity contribution is 5.30. The predicted molar refractivity (Wildman–Crippen MR) is 51.2 cm³/mol. The highest BCUT2D eigenvalue weighted by Gasteiger charge is 2.28. The third-order valence-electron chi connectivity index (χ3n) is 2.23. The second-order valence-electron chi connectivity index (χ2n) is 3.41. The Balaban J connectivity index is 3.21. The fourth-order valence-corrected chi connectivity index (χ4v) is 1.23. The van der Waals surface area contributed by atoms with Gasteiger partial charge in [0.25, 0.3) is 0 Å². The first-order valence-corrected chi connectivity index (χ1v) is 4.99. The standard InChI is InChI=1S/C11H8F5NO/c1-2-5(3-4-17)18-11-9(15)7(13)6(12)8(14)10(11)16/h5H,2-3H2,1H3. The van der Waals surface area contributed by atoms with Gasteiger partial charge in [0, 0.05) is 0 Å². The summed E-state index contributed by atoms with van der Waals surface area (Å²) in [7, 11) is 0. The molecule has 2 nitrogen and oxygen atoms in total. The zero-order chi connectivity index (χ0) is 13.9. The van der Waals surface area contributed by atoms with Crippen molar-refractivity contribution in [3.63, 3.8) is 0 Å². The quantitative estimate of drug-likeness (QED) is 0.474. The molecule has 0 aliphatic rings. The van der Waals surface area contributed by atoms with E-state index < -0.39 is 40.9 Å². The number of nitriles is 1. The van der Waals surface area contributed by atoms with Crippen LogP contribution < -0.4 is 4.74 Å². The molecular formula is C11H8F5NO. The van der Waals surface area contributed by atoms with Gasteiger partial charge in [0.05, 0.1) is 12.5 Å². The molecule has 0 amide bonds. The average molecular weight is 265 g/mol. The number of benzene rings is 1. The fourth-order valence-electron chi connectivity index (χ4n) is 1.23. The fraction of sp³-hybridized carbons (Fsp3) is 0.364. The van der Waals surface area contributed by atoms with Crippen LogP contribution in [0.1, 0.15) is 19.8 Å². The van der Waals surface area contributed by atoms with Crippen molar-refractivity contribution in [3.8, 4) is 11.8 Å². The molecule has 1 rings (SSSR count). The zero-order valence-corrected chi connectivity index (χ0v) is 9.24. The van der Waals surface area contributed by atoms with E-state index in [-0.39, 0.29) is 12.8 Å². The molecule has 0 bridgehead atoms. The minimum absolute atomic E-state index is 0.188. The van der Waals surface area contributed by atoms with Crippen LogP contribution >= 0.6 is 0 Å². The summed E-state index contributed by atoms with van der Waals surface area (Å²) in [4.78, 5) is 0. The lowest BCUT2D eigenvalue weighted by Crippen LogP contribution is -2.18. The molecule has 0 spiro atoms. The molecule has 1 unspecified atom stereocenters. The first-order valence-electron chi connectivity index (χ1n) is 4.99. The van der Waals surface area contributed by atoms with Crippen molar-refractivity contribution in [2.75, 3.05) is 0 Å². The Morgan fingerprint density at radius 1 is 1.00 bits per heavy atom. The molecule has 0 aliphatic heterocycles. The largest absolute Gasteiger partial charge is 0.483 e. The summed E-state index contributed by atoms with van der Waals surface area (Å²) in [6, 6.07) is 1.69. The van der Waals surface area contributed by atoms with E-state index in [0.717, 1.165) is 0 Å². The lowest BCUT2D eigenvalue weighted by Gasteiger charge is -2.16. The second kappa shape index (κ2) is 5.67. The molecule has 1 aromatic rings. The molecule has 0 heterocycles. The van der Waals surface area contributed by atoms with E-state index in [0.29, 0.717) is 0 Å². The van der Waals surface area contributed by atoms with Crippen molar-refractivity contribution in [1.82, 2.24) is 0 Å². The van der Waals surface area contributed by atoms with E-state index in [9.17, 15) is 22.0 Å². The van der Waals surface area contributed by atoms with Crippen LogP contribution in [-0.2, 0) is 0 Å². The lowest BCUT2D eigenvalue weighted by atomic mass is 10.2. The molecule has 0 fully saturated rings. The molecule has 98 valence electrons. The third-order valence-corrected chi connectivity index (χ3v) is 2.23. The van der Waals surface area contributed by atoms with Crippen molar-refractivity contribution >= 4 is 0 Å². The van der Waals surface area contributed by atoms with Crippen LogP contribution in [0, 0.1) is 40.4 Å². The predicted octanol–water partition coefficient (Wildman–Crippen LogP) is 3.45. The van der Waals surface area contributed by atoms with Crippen LogP contribution in [0.15, 0.2) is 0 Å². The third kappa shape index (κ3) is 2.53. The van der Waals surface area contributed by atoms with E-state index in [1.807, 2.05) is 0 Å². The number of nitrogens with zero attached hydrogens (tertiary/aromatic N) is 1. The van der Waals surface area contributed by atoms with Crippen molar-refractivity contribution < 1.29 is 26.7 Å². The molecule has 1 atom stereocenters. The Bertz CT molecular complexity index is 468. The maximum absolute atomic E-state index is 13.2. The highest BCUT2D eigenvalue weighted by Crippen LogP contribution is 2.30. The van der Waals surface area contributed by atoms with Crippen LogP contribution in [0.3, 0.4) is 0 Å². The van der Waals surface area contributed by atoms with E-state index in [1.165, 1.54) is 0 Å². The van der Waals surface area contributed by atoms with Gasteiger partial charge >= 0.3 is 0 Å². The molecule has 0 N–H and O–H groups in total. The Kier molecular flexibility index (Phi) is 4.48. The first kappa shape index (κ1) is 14.2. The number of rotatable bonds is 4. The summed E-state index contributed by atoms with van der Waals surface area (Å²) in [5, 5.41) is 8.41. The Morgan fingerprint density at radius 3 is 1.83 bits per heavy atom. The van der Waals surface area contributed by atoms with Crippen LogP contribution in [0.25, 0.3) is 0 Å². The van der Waals surface area contributed by atoms with Crippen molar-refractivity contribution in [1.29, 1.82) is 5.26 Å². The van der Waals surface area contributed by atoms with E-state index in [1.54, 1.807) is 13.0 Å². The summed E-state index contributed by atoms with van der Waals surface area (Å²) < 4.78 is 69.5. The smallest absolute Gasteiger partial charge is 0.207 e. The molecule has 0 aromatic heterocycles. The van der Waals surface area contributed by atoms with Gasteiger partial charge in [-0.25, -0.2) is 13.2 Å². The van der Waals surface area contributed by atoms with Gasteiger partial charge in [-0.2, -0.15) is 14.0 Å². The normalized spacial score (nSPS) is 12.1. The molecule has 1 aromatic carbocycles. The van der Waals surface area contributed by atoms with Crippen LogP contribution in [0.5, 0.6) is 5.75 Å². The average Bonchev–Trinajstić information content (AvgIpc) is 2.37. The van der Waals surface area contributed by atoms with Gasteiger partial charge in [-0.3, -0.25) is 0 Å². The van der Waals surface area contributed by atoms with E-state index >= 15 is 0 Å². The molecule has 7 heteroatoms. The molecular weight excluding hydrogens is 257 g/mol. The second-order valence-corrected chi connectivity index (χ2v) is 3.41. The van der Waals surface area contributed by atoms with Gasteiger partial charge in [0.15, 0.2) is 5.75 Å². The van der Waals surface area contributed by atoms with Gasteiger partial charge in [0.1, 0.15) is 6.10 Å². The summed E-state index contributed by atoms with van der Waals surface area (Å²) in [6.07, 6.45) is -0.980. The van der Waals surface area contributed by atoms with Gasteiger partial charge in [0.2, 0.25) is 29.1 Å². The van der Waals surface area contributed by atoms with Crippen LogP contribution in [0.2, 0.25) is 0 Å². The van der Waals surface area contributed by atoms with Crippen LogP contribution in [-0.4, -0.2) is 6.10 Å². The number of hydrogen-bond acceptors (Lipinski definition) is 2. The topological polar surface area (TPSA) is 33.0 Å². The summed E-state index contributed by atoms with van der Waals surface area (Å²) in [6.45, 7) is 1.55. The van der Waals surface area contributed by atoms with Crippen molar-refractivity contribution in [2.45, 2.75) is 25.9 Å². The number of halogens is 5. The van der Waals surface area contributed by atoms with Crippen molar-refractivity contribution in [3.05, 3.63) is 29.1 Å². The molecule has 0 saturated carbocycles. The van der Waals surface area contributed by atoms with Gasteiger partial charge in [-0.1, -0.05) is 6.92 Å². The minimum atomic E-state index is -2.24. The monoisotopic (exact) mass is 265 g/mol. The van der Waals surface area contributed by atoms with Gasteiger partial charge in [-0.15, -0.1) is 0 Å². The molecule has 0 aliphatic carbocycles. The maximum Gasteiger partial charge on any atom is 0.207 e. The Labute approximate surface area is 99.6 Å². The molecule has 18 heavy (non-hydrogen) atoms.